The Kier molecular flexibility index (Phi) is 8.87. The summed E-state index contributed by atoms with van der Waals surface area (Å²) in [5, 5.41) is 15.4. The summed E-state index contributed by atoms with van der Waals surface area (Å²) in [5.74, 6) is -3.63. The van der Waals surface area contributed by atoms with Crippen molar-refractivity contribution >= 4 is 10.9 Å². The number of fused-ring (bicyclic) bond motifs is 1. The lowest BCUT2D eigenvalue weighted by Crippen LogP contribution is -2.45. The Labute approximate surface area is 213 Å². The third-order valence-electron chi connectivity index (χ3n) is 7.44. The number of methoxy groups -OCH3 is 1. The Morgan fingerprint density at radius 1 is 1.08 bits per heavy atom. The maximum absolute atomic E-state index is 13.8. The number of ether oxygens (including phenoxy) is 2. The zero-order valence-corrected chi connectivity index (χ0v) is 20.8. The summed E-state index contributed by atoms with van der Waals surface area (Å²) < 4.78 is 64.7. The number of nitrogens with one attached hydrogen (secondary N) is 1. The molecule has 1 atom stereocenters. The van der Waals surface area contributed by atoms with Crippen LogP contribution in [-0.2, 0) is 13.1 Å². The van der Waals surface area contributed by atoms with E-state index in [0.29, 0.717) is 17.7 Å². The summed E-state index contributed by atoms with van der Waals surface area (Å²) in [5.41, 5.74) is 1.85. The fourth-order valence-electron chi connectivity index (χ4n) is 5.31. The number of rotatable bonds is 11. The third kappa shape index (κ3) is 6.15. The van der Waals surface area contributed by atoms with Crippen molar-refractivity contribution in [2.45, 2.75) is 51.3 Å². The normalized spacial score (nSPS) is 16.1. The number of hydrogen-bond acceptors (Lipinski definition) is 5. The van der Waals surface area contributed by atoms with E-state index >= 15 is 0 Å². The molecule has 1 aliphatic heterocycles. The van der Waals surface area contributed by atoms with E-state index in [2.05, 4.69) is 10.3 Å². The van der Waals surface area contributed by atoms with E-state index in [1.54, 1.807) is 13.3 Å². The molecule has 2 aromatic carbocycles. The Morgan fingerprint density at radius 3 is 2.49 bits per heavy atom. The molecule has 4 rings (SSSR count). The number of aromatic nitrogens is 1. The number of aryl methyl sites for hydroxylation is 1. The summed E-state index contributed by atoms with van der Waals surface area (Å²) in [6.07, 6.45) is 4.72. The molecule has 1 fully saturated rings. The summed E-state index contributed by atoms with van der Waals surface area (Å²) in [4.78, 5) is 4.38. The minimum atomic E-state index is -1.54. The van der Waals surface area contributed by atoms with E-state index in [1.807, 2.05) is 18.2 Å². The number of aliphatic hydroxyl groups is 1. The van der Waals surface area contributed by atoms with Gasteiger partial charge < -0.3 is 19.9 Å². The van der Waals surface area contributed by atoms with Gasteiger partial charge in [0, 0.05) is 35.7 Å². The van der Waals surface area contributed by atoms with Gasteiger partial charge in [0.25, 0.3) is 0 Å². The molecule has 0 spiro atoms. The van der Waals surface area contributed by atoms with Gasteiger partial charge in [0.15, 0.2) is 17.5 Å². The van der Waals surface area contributed by atoms with Crippen molar-refractivity contribution in [3.63, 3.8) is 0 Å². The molecule has 2 heterocycles. The number of hydrogen-bond donors (Lipinski definition) is 2. The maximum Gasteiger partial charge on any atom is 0.194 e. The van der Waals surface area contributed by atoms with Gasteiger partial charge >= 0.3 is 0 Å². The lowest BCUT2D eigenvalue weighted by molar-refractivity contribution is -0.0189. The zero-order chi connectivity index (χ0) is 26.4. The first-order chi connectivity index (χ1) is 17.9. The molecule has 200 valence electrons. The van der Waals surface area contributed by atoms with Crippen molar-refractivity contribution in [3.05, 3.63) is 65.1 Å². The molecule has 0 bridgehead atoms. The predicted molar refractivity (Wildman–Crippen MR) is 133 cm³/mol. The van der Waals surface area contributed by atoms with Crippen LogP contribution < -0.4 is 14.8 Å². The Morgan fingerprint density at radius 2 is 1.81 bits per heavy atom. The highest BCUT2D eigenvalue weighted by Gasteiger charge is 2.38. The van der Waals surface area contributed by atoms with Crippen molar-refractivity contribution in [2.24, 2.45) is 5.41 Å². The number of aliphatic hydroxyl groups excluding tert-OH is 1. The van der Waals surface area contributed by atoms with Gasteiger partial charge in [0.1, 0.15) is 18.2 Å². The lowest BCUT2D eigenvalue weighted by Gasteiger charge is -2.42. The molecular formula is C28H32F4N2O3. The Hall–Kier alpha value is -2.91. The van der Waals surface area contributed by atoms with Crippen LogP contribution >= 0.6 is 0 Å². The van der Waals surface area contributed by atoms with Gasteiger partial charge in [-0.2, -0.15) is 0 Å². The van der Waals surface area contributed by atoms with Gasteiger partial charge in [-0.3, -0.25) is 4.98 Å². The molecular weight excluding hydrogens is 488 g/mol. The highest BCUT2D eigenvalue weighted by Crippen LogP contribution is 2.40. The minimum Gasteiger partial charge on any atom is -0.497 e. The fraction of sp³-hybridized carbons (Fsp3) is 0.464. The zero-order valence-electron chi connectivity index (χ0n) is 20.8. The van der Waals surface area contributed by atoms with E-state index in [0.717, 1.165) is 67.4 Å². The molecule has 0 amide bonds. The van der Waals surface area contributed by atoms with Crippen molar-refractivity contribution < 1.29 is 32.1 Å². The van der Waals surface area contributed by atoms with Crippen molar-refractivity contribution in [3.8, 4) is 11.5 Å². The molecule has 0 aliphatic carbocycles. The highest BCUT2D eigenvalue weighted by atomic mass is 19.2. The van der Waals surface area contributed by atoms with Crippen LogP contribution in [0.4, 0.5) is 17.6 Å². The van der Waals surface area contributed by atoms with Gasteiger partial charge in [-0.05, 0) is 74.4 Å². The van der Waals surface area contributed by atoms with Crippen LogP contribution in [0.1, 0.15) is 43.2 Å². The number of benzene rings is 2. The summed E-state index contributed by atoms with van der Waals surface area (Å²) >= 11 is 0. The summed E-state index contributed by atoms with van der Waals surface area (Å²) in [6, 6.07) is 7.15. The van der Waals surface area contributed by atoms with E-state index in [9.17, 15) is 22.7 Å². The number of halogens is 4. The lowest BCUT2D eigenvalue weighted by atomic mass is 9.69. The largest absolute Gasteiger partial charge is 0.497 e. The third-order valence-corrected chi connectivity index (χ3v) is 7.44. The first-order valence-electron chi connectivity index (χ1n) is 12.5. The predicted octanol–water partition coefficient (Wildman–Crippen LogP) is 5.65. The Bertz CT molecular complexity index is 1190. The number of alkyl halides is 1. The SMILES string of the molecule is COc1ccc2ncc(CF)c(CCCC3(C(O)CCOc4cc(F)c(F)c(F)c4)CCNCC3)c2c1. The van der Waals surface area contributed by atoms with E-state index in [1.165, 1.54) is 0 Å². The van der Waals surface area contributed by atoms with Gasteiger partial charge in [0.05, 0.1) is 25.3 Å². The topological polar surface area (TPSA) is 63.6 Å². The van der Waals surface area contributed by atoms with Crippen LogP contribution in [0.5, 0.6) is 11.5 Å². The Balaban J connectivity index is 1.44. The molecule has 1 saturated heterocycles. The molecule has 1 unspecified atom stereocenters. The number of piperidine rings is 1. The van der Waals surface area contributed by atoms with Crippen molar-refractivity contribution in [2.75, 3.05) is 26.8 Å². The molecule has 0 saturated carbocycles. The second kappa shape index (κ2) is 12.1. The molecule has 3 aromatic rings. The standard InChI is InChI=1S/C28H32F4N2O3/c1-36-19-4-5-25-22(13-19)21(18(16-29)17-34-25)3-2-7-28(8-10-33-11-9-28)26(35)6-12-37-20-14-23(30)27(32)24(31)15-20/h4-5,13-15,17,26,33,35H,2-3,6-12,16H2,1H3. The highest BCUT2D eigenvalue weighted by molar-refractivity contribution is 5.84. The molecule has 37 heavy (non-hydrogen) atoms. The second-order valence-corrected chi connectivity index (χ2v) is 9.60. The maximum atomic E-state index is 13.8. The molecule has 1 aliphatic rings. The number of pyridine rings is 1. The summed E-state index contributed by atoms with van der Waals surface area (Å²) in [6.45, 7) is 0.936. The quantitative estimate of drug-likeness (QED) is 0.253. The van der Waals surface area contributed by atoms with Crippen molar-refractivity contribution in [1.82, 2.24) is 10.3 Å². The minimum absolute atomic E-state index is 0.0294. The van der Waals surface area contributed by atoms with Crippen LogP contribution in [-0.4, -0.2) is 43.0 Å². The molecule has 5 nitrogen and oxygen atoms in total. The van der Waals surface area contributed by atoms with Crippen LogP contribution in [0.15, 0.2) is 36.5 Å². The smallest absolute Gasteiger partial charge is 0.194 e. The van der Waals surface area contributed by atoms with Crippen LogP contribution in [0, 0.1) is 22.9 Å². The van der Waals surface area contributed by atoms with Gasteiger partial charge in [-0.1, -0.05) is 0 Å². The summed E-state index contributed by atoms with van der Waals surface area (Å²) in [7, 11) is 1.59. The molecule has 9 heteroatoms. The number of nitrogens with zero attached hydrogens (tertiary/aromatic N) is 1. The average molecular weight is 521 g/mol. The first-order valence-corrected chi connectivity index (χ1v) is 12.5. The first kappa shape index (κ1) is 27.1. The molecule has 1 aromatic heterocycles. The van der Waals surface area contributed by atoms with E-state index < -0.39 is 30.2 Å². The van der Waals surface area contributed by atoms with Crippen LogP contribution in [0.3, 0.4) is 0 Å². The van der Waals surface area contributed by atoms with Crippen molar-refractivity contribution in [1.29, 1.82) is 0 Å². The molecule has 0 radical (unpaired) electrons. The van der Waals surface area contributed by atoms with Gasteiger partial charge in [0.2, 0.25) is 0 Å². The monoisotopic (exact) mass is 520 g/mol. The van der Waals surface area contributed by atoms with Crippen LogP contribution in [0.2, 0.25) is 0 Å². The fourth-order valence-corrected chi connectivity index (χ4v) is 5.31. The van der Waals surface area contributed by atoms with E-state index in [4.69, 9.17) is 9.47 Å². The van der Waals surface area contributed by atoms with Crippen LogP contribution in [0.25, 0.3) is 10.9 Å². The molecule has 2 N–H and O–H groups in total. The van der Waals surface area contributed by atoms with E-state index in [-0.39, 0.29) is 24.2 Å². The second-order valence-electron chi connectivity index (χ2n) is 9.60. The van der Waals surface area contributed by atoms with Gasteiger partial charge in [-0.25, -0.2) is 17.6 Å². The average Bonchev–Trinajstić information content (AvgIpc) is 2.91. The van der Waals surface area contributed by atoms with Gasteiger partial charge in [-0.15, -0.1) is 0 Å².